The van der Waals surface area contributed by atoms with E-state index in [0.717, 1.165) is 22.4 Å². The van der Waals surface area contributed by atoms with Crippen molar-refractivity contribution in [2.75, 3.05) is 0 Å². The summed E-state index contributed by atoms with van der Waals surface area (Å²) in [5, 5.41) is 0.957. The van der Waals surface area contributed by atoms with E-state index < -0.39 is 0 Å². The maximum atomic E-state index is 6.10. The van der Waals surface area contributed by atoms with Crippen molar-refractivity contribution in [3.63, 3.8) is 0 Å². The molecule has 0 saturated carbocycles. The van der Waals surface area contributed by atoms with E-state index in [-0.39, 0.29) is 0 Å². The number of hydrogen-bond acceptors (Lipinski definition) is 2. The van der Waals surface area contributed by atoms with Crippen LogP contribution >= 0.6 is 23.2 Å². The van der Waals surface area contributed by atoms with Gasteiger partial charge in [-0.15, -0.1) is 0 Å². The molecule has 1 heterocycles. The first kappa shape index (κ1) is 14.2. The van der Waals surface area contributed by atoms with Gasteiger partial charge in [0.2, 0.25) is 0 Å². The Morgan fingerprint density at radius 2 is 1.68 bits per heavy atom. The van der Waals surface area contributed by atoms with E-state index in [9.17, 15) is 0 Å². The predicted molar refractivity (Wildman–Crippen MR) is 79.2 cm³/mol. The zero-order valence-electron chi connectivity index (χ0n) is 11.1. The Labute approximate surface area is 123 Å². The molecular weight excluding hydrogens is 281 g/mol. The first-order valence-electron chi connectivity index (χ1n) is 5.98. The monoisotopic (exact) mass is 295 g/mol. The molecule has 0 radical (unpaired) electrons. The van der Waals surface area contributed by atoms with Crippen LogP contribution in [0.5, 0.6) is 5.75 Å². The molecule has 2 rings (SSSR count). The molecule has 0 amide bonds. The van der Waals surface area contributed by atoms with Gasteiger partial charge in [-0.05, 0) is 38.0 Å². The largest absolute Gasteiger partial charge is 0.488 e. The number of aryl methyl sites for hydroxylation is 3. The van der Waals surface area contributed by atoms with Gasteiger partial charge in [0, 0.05) is 11.8 Å². The number of halogens is 2. The van der Waals surface area contributed by atoms with Gasteiger partial charge in [0.1, 0.15) is 17.5 Å². The highest BCUT2D eigenvalue weighted by Crippen LogP contribution is 2.27. The van der Waals surface area contributed by atoms with Crippen LogP contribution in [0.15, 0.2) is 24.4 Å². The van der Waals surface area contributed by atoms with Gasteiger partial charge < -0.3 is 4.74 Å². The Hall–Kier alpha value is -1.25. The number of ether oxygens (including phenoxy) is 1. The van der Waals surface area contributed by atoms with Crippen molar-refractivity contribution in [2.45, 2.75) is 27.4 Å². The standard InChI is InChI=1S/C15H15Cl2NO/c1-9-4-10(2)15(11(3)5-9)19-8-12-7-18-14(17)6-13(12)16/h4-7H,8H2,1-3H3. The van der Waals surface area contributed by atoms with Gasteiger partial charge in [0.15, 0.2) is 0 Å². The number of nitrogens with zero attached hydrogens (tertiary/aromatic N) is 1. The molecule has 0 aliphatic carbocycles. The summed E-state index contributed by atoms with van der Waals surface area (Å²) in [6.07, 6.45) is 1.64. The van der Waals surface area contributed by atoms with Crippen molar-refractivity contribution >= 4 is 23.2 Å². The Kier molecular flexibility index (Phi) is 4.33. The van der Waals surface area contributed by atoms with E-state index in [4.69, 9.17) is 27.9 Å². The minimum absolute atomic E-state index is 0.383. The van der Waals surface area contributed by atoms with Crippen LogP contribution in [0.2, 0.25) is 10.2 Å². The fourth-order valence-electron chi connectivity index (χ4n) is 2.09. The molecule has 19 heavy (non-hydrogen) atoms. The molecule has 1 aromatic heterocycles. The molecule has 1 aromatic carbocycles. The first-order valence-corrected chi connectivity index (χ1v) is 6.73. The number of rotatable bonds is 3. The summed E-state index contributed by atoms with van der Waals surface area (Å²) >= 11 is 11.9. The summed E-state index contributed by atoms with van der Waals surface area (Å²) in [4.78, 5) is 4.01. The van der Waals surface area contributed by atoms with Crippen LogP contribution in [0, 0.1) is 20.8 Å². The highest BCUT2D eigenvalue weighted by molar-refractivity contribution is 6.34. The zero-order valence-corrected chi connectivity index (χ0v) is 12.6. The second-order valence-electron chi connectivity index (χ2n) is 4.61. The minimum Gasteiger partial charge on any atom is -0.488 e. The van der Waals surface area contributed by atoms with Gasteiger partial charge in [-0.2, -0.15) is 0 Å². The molecule has 0 fully saturated rings. The van der Waals surface area contributed by atoms with Gasteiger partial charge in [-0.25, -0.2) is 4.98 Å². The molecule has 2 aromatic rings. The molecule has 4 heteroatoms. The lowest BCUT2D eigenvalue weighted by atomic mass is 10.1. The quantitative estimate of drug-likeness (QED) is 0.752. The van der Waals surface area contributed by atoms with Gasteiger partial charge in [-0.3, -0.25) is 0 Å². The third-order valence-electron chi connectivity index (χ3n) is 2.87. The fourth-order valence-corrected chi connectivity index (χ4v) is 2.51. The molecule has 0 unspecified atom stereocenters. The molecule has 0 spiro atoms. The van der Waals surface area contributed by atoms with Gasteiger partial charge in [0.05, 0.1) is 5.02 Å². The summed E-state index contributed by atoms with van der Waals surface area (Å²) in [5.41, 5.74) is 4.30. The van der Waals surface area contributed by atoms with Gasteiger partial charge in [0.25, 0.3) is 0 Å². The number of aromatic nitrogens is 1. The summed E-state index contributed by atoms with van der Waals surface area (Å²) in [6.45, 7) is 6.53. The average Bonchev–Trinajstić information content (AvgIpc) is 2.30. The zero-order chi connectivity index (χ0) is 14.0. The molecule has 100 valence electrons. The minimum atomic E-state index is 0.383. The second-order valence-corrected chi connectivity index (χ2v) is 5.41. The van der Waals surface area contributed by atoms with E-state index >= 15 is 0 Å². The summed E-state index contributed by atoms with van der Waals surface area (Å²) < 4.78 is 5.86. The third-order valence-corrected chi connectivity index (χ3v) is 3.43. The lowest BCUT2D eigenvalue weighted by molar-refractivity contribution is 0.301. The van der Waals surface area contributed by atoms with Crippen LogP contribution in [-0.4, -0.2) is 4.98 Å². The highest BCUT2D eigenvalue weighted by atomic mass is 35.5. The topological polar surface area (TPSA) is 22.1 Å². The fraction of sp³-hybridized carbons (Fsp3) is 0.267. The Balaban J connectivity index is 2.19. The number of hydrogen-bond donors (Lipinski definition) is 0. The van der Waals surface area contributed by atoms with Crippen LogP contribution in [0.25, 0.3) is 0 Å². The maximum Gasteiger partial charge on any atom is 0.130 e. The van der Waals surface area contributed by atoms with Crippen molar-refractivity contribution in [2.24, 2.45) is 0 Å². The third kappa shape index (κ3) is 3.40. The van der Waals surface area contributed by atoms with Gasteiger partial charge >= 0.3 is 0 Å². The molecule has 0 aliphatic rings. The smallest absolute Gasteiger partial charge is 0.130 e. The molecule has 0 bridgehead atoms. The number of pyridine rings is 1. The highest BCUT2D eigenvalue weighted by Gasteiger charge is 2.08. The van der Waals surface area contributed by atoms with E-state index in [1.165, 1.54) is 5.56 Å². The van der Waals surface area contributed by atoms with Crippen LogP contribution in [0.4, 0.5) is 0 Å². The molecule has 0 N–H and O–H groups in total. The van der Waals surface area contributed by atoms with Crippen LogP contribution in [0.1, 0.15) is 22.3 Å². The van der Waals surface area contributed by atoms with E-state index in [1.54, 1.807) is 12.3 Å². The average molecular weight is 296 g/mol. The first-order chi connectivity index (χ1) is 8.97. The molecule has 0 atom stereocenters. The predicted octanol–water partition coefficient (Wildman–Crippen LogP) is 4.89. The Morgan fingerprint density at radius 3 is 2.26 bits per heavy atom. The van der Waals surface area contributed by atoms with Gasteiger partial charge in [-0.1, -0.05) is 40.9 Å². The van der Waals surface area contributed by atoms with E-state index in [0.29, 0.717) is 16.8 Å². The van der Waals surface area contributed by atoms with E-state index in [2.05, 4.69) is 24.0 Å². The molecular formula is C15H15Cl2NO. The van der Waals surface area contributed by atoms with Crippen LogP contribution in [0.3, 0.4) is 0 Å². The van der Waals surface area contributed by atoms with Crippen molar-refractivity contribution in [3.05, 3.63) is 56.8 Å². The van der Waals surface area contributed by atoms with Crippen LogP contribution in [-0.2, 0) is 6.61 Å². The summed E-state index contributed by atoms with van der Waals surface area (Å²) in [6, 6.07) is 5.82. The molecule has 0 saturated heterocycles. The SMILES string of the molecule is Cc1cc(C)c(OCc2cnc(Cl)cc2Cl)c(C)c1. The van der Waals surface area contributed by atoms with Crippen LogP contribution < -0.4 is 4.74 Å². The Bertz CT molecular complexity index is 588. The molecule has 2 nitrogen and oxygen atoms in total. The summed E-state index contributed by atoms with van der Waals surface area (Å²) in [7, 11) is 0. The van der Waals surface area contributed by atoms with Crippen molar-refractivity contribution in [3.8, 4) is 5.75 Å². The number of benzene rings is 1. The maximum absolute atomic E-state index is 6.10. The Morgan fingerprint density at radius 1 is 1.05 bits per heavy atom. The normalized spacial score (nSPS) is 10.6. The lowest BCUT2D eigenvalue weighted by Crippen LogP contribution is -2.00. The van der Waals surface area contributed by atoms with Crippen molar-refractivity contribution in [1.29, 1.82) is 0 Å². The summed E-state index contributed by atoms with van der Waals surface area (Å²) in [5.74, 6) is 0.900. The van der Waals surface area contributed by atoms with Crippen molar-refractivity contribution < 1.29 is 4.74 Å². The van der Waals surface area contributed by atoms with Crippen molar-refractivity contribution in [1.82, 2.24) is 4.98 Å². The second kappa shape index (κ2) is 5.81. The molecule has 0 aliphatic heterocycles. The lowest BCUT2D eigenvalue weighted by Gasteiger charge is -2.13. The van der Waals surface area contributed by atoms with E-state index in [1.807, 2.05) is 13.8 Å².